The fraction of sp³-hybridized carbons (Fsp3) is 0. The number of allylic oxidation sites excluding steroid dienone is 1. The molecule has 0 atom stereocenters. The van der Waals surface area contributed by atoms with Crippen molar-refractivity contribution in [2.24, 2.45) is 5.11 Å². The molecule has 100 valence electrons. The number of nitrogens with zero attached hydrogens (tertiary/aromatic N) is 5. The highest BCUT2D eigenvalue weighted by molar-refractivity contribution is 5.96. The molecule has 0 radical (unpaired) electrons. The molecule has 0 aliphatic carbocycles. The van der Waals surface area contributed by atoms with Gasteiger partial charge < -0.3 is 0 Å². The molecule has 6 heteroatoms. The minimum absolute atomic E-state index is 0.270. The Kier molecular flexibility index (Phi) is 4.44. The first-order valence-electron chi connectivity index (χ1n) is 5.97. The first-order chi connectivity index (χ1) is 10.2. The minimum atomic E-state index is -0.656. The molecule has 0 fully saturated rings. The van der Waals surface area contributed by atoms with Gasteiger partial charge in [0.05, 0.1) is 17.3 Å². The number of nitriles is 1. The van der Waals surface area contributed by atoms with Gasteiger partial charge in [-0.3, -0.25) is 9.78 Å². The van der Waals surface area contributed by atoms with E-state index in [9.17, 15) is 10.1 Å². The lowest BCUT2D eigenvalue weighted by molar-refractivity contribution is 0.100. The van der Waals surface area contributed by atoms with Crippen molar-refractivity contribution in [1.82, 2.24) is 4.98 Å². The maximum Gasteiger partial charge on any atom is 0.249 e. The maximum absolute atomic E-state index is 11.4. The molecule has 2 aromatic rings. The number of carbonyl (C=O) groups is 1. The molecule has 0 unspecified atom stereocenters. The van der Waals surface area contributed by atoms with Crippen LogP contribution in [0.2, 0.25) is 0 Å². The summed E-state index contributed by atoms with van der Waals surface area (Å²) in [6.45, 7) is 0. The predicted molar refractivity (Wildman–Crippen MR) is 77.6 cm³/mol. The molecule has 1 heterocycles. The first kappa shape index (κ1) is 14.0. The summed E-state index contributed by atoms with van der Waals surface area (Å²) < 4.78 is 0. The Balaban J connectivity index is 2.32. The molecule has 21 heavy (non-hydrogen) atoms. The van der Waals surface area contributed by atoms with Gasteiger partial charge in [0.2, 0.25) is 5.91 Å². The predicted octanol–water partition coefficient (Wildman–Crippen LogP) is 3.60. The quantitative estimate of drug-likeness (QED) is 0.370. The number of pyridine rings is 1. The van der Waals surface area contributed by atoms with Crippen molar-refractivity contribution in [3.05, 3.63) is 75.9 Å². The molecule has 6 nitrogen and oxygen atoms in total. The van der Waals surface area contributed by atoms with E-state index in [-0.39, 0.29) is 5.56 Å². The monoisotopic (exact) mass is 275 g/mol. The average Bonchev–Trinajstić information content (AvgIpc) is 2.54. The van der Waals surface area contributed by atoms with Crippen LogP contribution < -0.4 is 0 Å². The molecule has 0 saturated carbocycles. The van der Waals surface area contributed by atoms with Crippen LogP contribution in [0.25, 0.3) is 22.1 Å². The number of amides is 1. The van der Waals surface area contributed by atoms with Crippen molar-refractivity contribution >= 4 is 17.6 Å². The van der Waals surface area contributed by atoms with Crippen molar-refractivity contribution in [2.45, 2.75) is 0 Å². The van der Waals surface area contributed by atoms with E-state index in [1.807, 2.05) is 6.07 Å². The van der Waals surface area contributed by atoms with Gasteiger partial charge in [-0.05, 0) is 34.4 Å². The van der Waals surface area contributed by atoms with Crippen LogP contribution in [-0.2, 0) is 0 Å². The van der Waals surface area contributed by atoms with Gasteiger partial charge in [-0.15, -0.1) is 0 Å². The molecule has 0 spiro atoms. The lowest BCUT2D eigenvalue weighted by Crippen LogP contribution is -1.93. The first-order valence-corrected chi connectivity index (χ1v) is 5.97. The van der Waals surface area contributed by atoms with E-state index in [2.05, 4.69) is 21.1 Å². The molecule has 0 bridgehead atoms. The van der Waals surface area contributed by atoms with Gasteiger partial charge in [-0.25, -0.2) is 0 Å². The summed E-state index contributed by atoms with van der Waals surface area (Å²) in [5.41, 5.74) is 10.2. The second kappa shape index (κ2) is 6.66. The molecule has 1 aromatic heterocycles. The Hall–Kier alpha value is -3.42. The van der Waals surface area contributed by atoms with Crippen LogP contribution >= 0.6 is 0 Å². The zero-order valence-corrected chi connectivity index (χ0v) is 10.8. The molecule has 0 aliphatic heterocycles. The molecule has 0 N–H and O–H groups in total. The molecular weight excluding hydrogens is 266 g/mol. The highest BCUT2D eigenvalue weighted by Crippen LogP contribution is 2.17. The summed E-state index contributed by atoms with van der Waals surface area (Å²) in [4.78, 5) is 17.9. The van der Waals surface area contributed by atoms with Gasteiger partial charge >= 0.3 is 0 Å². The second-order valence-electron chi connectivity index (χ2n) is 4.00. The number of benzene rings is 1. The van der Waals surface area contributed by atoms with Crippen molar-refractivity contribution in [2.75, 3.05) is 0 Å². The van der Waals surface area contributed by atoms with Gasteiger partial charge in [0, 0.05) is 16.7 Å². The van der Waals surface area contributed by atoms with Crippen molar-refractivity contribution < 1.29 is 4.79 Å². The van der Waals surface area contributed by atoms with Gasteiger partial charge in [0.15, 0.2) is 0 Å². The third-order valence-electron chi connectivity index (χ3n) is 2.68. The van der Waals surface area contributed by atoms with Gasteiger partial charge in [0.25, 0.3) is 0 Å². The van der Waals surface area contributed by atoms with E-state index >= 15 is 0 Å². The summed E-state index contributed by atoms with van der Waals surface area (Å²) in [5, 5.41) is 12.2. The van der Waals surface area contributed by atoms with Crippen LogP contribution in [0, 0.1) is 11.3 Å². The van der Waals surface area contributed by atoms with Gasteiger partial charge in [-0.2, -0.15) is 5.26 Å². The number of carbonyl (C=O) groups excluding carboxylic acids is 1. The SMILES string of the molecule is N#C/C(=C\c1ccccn1)c1ccc(C(=O)N=[N+]=[N-])cc1. The van der Waals surface area contributed by atoms with Crippen LogP contribution in [0.15, 0.2) is 53.8 Å². The Morgan fingerprint density at radius 3 is 2.52 bits per heavy atom. The van der Waals surface area contributed by atoms with Crippen LogP contribution in [0.4, 0.5) is 0 Å². The number of azide groups is 1. The van der Waals surface area contributed by atoms with Crippen LogP contribution in [0.1, 0.15) is 21.6 Å². The Labute approximate surface area is 120 Å². The van der Waals surface area contributed by atoms with E-state index in [0.717, 1.165) is 0 Å². The Bertz CT molecular complexity index is 766. The third kappa shape index (κ3) is 3.53. The van der Waals surface area contributed by atoms with Gasteiger partial charge in [0.1, 0.15) is 0 Å². The molecule has 0 aliphatic rings. The van der Waals surface area contributed by atoms with Crippen LogP contribution in [-0.4, -0.2) is 10.9 Å². The smallest absolute Gasteiger partial charge is 0.249 e. The number of rotatable bonds is 3. The third-order valence-corrected chi connectivity index (χ3v) is 2.68. The van der Waals surface area contributed by atoms with E-state index in [1.54, 1.807) is 36.5 Å². The Morgan fingerprint density at radius 1 is 1.24 bits per heavy atom. The minimum Gasteiger partial charge on any atom is -0.287 e. The lowest BCUT2D eigenvalue weighted by atomic mass is 10.0. The number of hydrogen-bond acceptors (Lipinski definition) is 3. The van der Waals surface area contributed by atoms with Crippen molar-refractivity contribution in [3.63, 3.8) is 0 Å². The highest BCUT2D eigenvalue weighted by atomic mass is 16.1. The lowest BCUT2D eigenvalue weighted by Gasteiger charge is -2.01. The summed E-state index contributed by atoms with van der Waals surface area (Å²) >= 11 is 0. The van der Waals surface area contributed by atoms with Crippen LogP contribution in [0.5, 0.6) is 0 Å². The van der Waals surface area contributed by atoms with E-state index < -0.39 is 5.91 Å². The number of aromatic nitrogens is 1. The molecule has 0 saturated heterocycles. The molecule has 1 amide bonds. The zero-order valence-electron chi connectivity index (χ0n) is 10.8. The highest BCUT2D eigenvalue weighted by Gasteiger charge is 2.05. The second-order valence-corrected chi connectivity index (χ2v) is 4.00. The summed E-state index contributed by atoms with van der Waals surface area (Å²) in [5.74, 6) is -0.656. The molecule has 2 rings (SSSR count). The van der Waals surface area contributed by atoms with E-state index in [4.69, 9.17) is 5.53 Å². The van der Waals surface area contributed by atoms with Crippen LogP contribution in [0.3, 0.4) is 0 Å². The normalized spacial score (nSPS) is 10.3. The van der Waals surface area contributed by atoms with Crippen molar-refractivity contribution in [1.29, 1.82) is 5.26 Å². The molecule has 1 aromatic carbocycles. The Morgan fingerprint density at radius 2 is 1.95 bits per heavy atom. The zero-order chi connectivity index (χ0) is 15.1. The fourth-order valence-electron chi connectivity index (χ4n) is 1.68. The average molecular weight is 275 g/mol. The maximum atomic E-state index is 11.4. The summed E-state index contributed by atoms with van der Waals surface area (Å²) in [7, 11) is 0. The van der Waals surface area contributed by atoms with E-state index in [1.165, 1.54) is 12.1 Å². The molecular formula is C15H9N5O. The topological polar surface area (TPSA) is 103 Å². The summed E-state index contributed by atoms with van der Waals surface area (Å²) in [6.07, 6.45) is 3.30. The largest absolute Gasteiger partial charge is 0.287 e. The summed E-state index contributed by atoms with van der Waals surface area (Å²) in [6, 6.07) is 13.8. The number of hydrogen-bond donors (Lipinski definition) is 0. The fourth-order valence-corrected chi connectivity index (χ4v) is 1.68. The standard InChI is InChI=1S/C15H9N5O/c16-10-13(9-14-3-1-2-8-18-14)11-4-6-12(7-5-11)15(21)19-20-17/h1-9H/b13-9+. The van der Waals surface area contributed by atoms with E-state index in [0.29, 0.717) is 16.8 Å². The van der Waals surface area contributed by atoms with Gasteiger partial charge in [-0.1, -0.05) is 30.3 Å². The van der Waals surface area contributed by atoms with Crippen molar-refractivity contribution in [3.8, 4) is 6.07 Å².